The number of benzene rings is 1. The van der Waals surface area contributed by atoms with Crippen LogP contribution in [0.2, 0.25) is 0 Å². The van der Waals surface area contributed by atoms with E-state index in [1.54, 1.807) is 0 Å². The van der Waals surface area contributed by atoms with Gasteiger partial charge in [0.15, 0.2) is 9.84 Å². The molecule has 0 aromatic heterocycles. The fourth-order valence-corrected chi connectivity index (χ4v) is 3.81. The zero-order valence-corrected chi connectivity index (χ0v) is 12.8. The molecule has 0 amide bonds. The van der Waals surface area contributed by atoms with Gasteiger partial charge in [-0.15, -0.1) is 0 Å². The molecule has 2 N–H and O–H groups in total. The molecule has 6 nitrogen and oxygen atoms in total. The summed E-state index contributed by atoms with van der Waals surface area (Å²) in [5, 5.41) is 3.17. The van der Waals surface area contributed by atoms with Crippen LogP contribution in [0.3, 0.4) is 0 Å². The standard InChI is InChI=1S/C12H18N2O4S2/c1-19(15,16)11-2-4-12(5-3-11)20(17,18)14-9-10-6-7-13-8-10/h2-5,10,13-14H,6-9H2,1H3. The van der Waals surface area contributed by atoms with E-state index in [1.807, 2.05) is 0 Å². The van der Waals surface area contributed by atoms with Gasteiger partial charge < -0.3 is 5.32 Å². The van der Waals surface area contributed by atoms with Crippen molar-refractivity contribution in [3.05, 3.63) is 24.3 Å². The van der Waals surface area contributed by atoms with Crippen molar-refractivity contribution in [1.29, 1.82) is 0 Å². The van der Waals surface area contributed by atoms with Crippen molar-refractivity contribution in [2.24, 2.45) is 5.92 Å². The van der Waals surface area contributed by atoms with Crippen molar-refractivity contribution >= 4 is 19.9 Å². The Hall–Kier alpha value is -0.960. The molecular weight excluding hydrogens is 300 g/mol. The summed E-state index contributed by atoms with van der Waals surface area (Å²) in [6.45, 7) is 2.12. The van der Waals surface area contributed by atoms with Gasteiger partial charge in [0.1, 0.15) is 0 Å². The summed E-state index contributed by atoms with van der Waals surface area (Å²) in [7, 11) is -6.90. The molecule has 0 radical (unpaired) electrons. The Morgan fingerprint density at radius 2 is 1.75 bits per heavy atom. The van der Waals surface area contributed by atoms with Gasteiger partial charge in [-0.05, 0) is 49.7 Å². The van der Waals surface area contributed by atoms with E-state index < -0.39 is 19.9 Å². The molecule has 1 atom stereocenters. The first-order valence-electron chi connectivity index (χ1n) is 6.29. The Morgan fingerprint density at radius 3 is 2.25 bits per heavy atom. The lowest BCUT2D eigenvalue weighted by molar-refractivity contribution is 0.538. The van der Waals surface area contributed by atoms with Crippen LogP contribution in [0.5, 0.6) is 0 Å². The molecule has 1 saturated heterocycles. The lowest BCUT2D eigenvalue weighted by Gasteiger charge is -2.11. The predicted octanol–water partition coefficient (Wildman–Crippen LogP) is -0.0221. The third-order valence-electron chi connectivity index (χ3n) is 3.29. The molecule has 1 aromatic carbocycles. The van der Waals surface area contributed by atoms with Gasteiger partial charge in [0, 0.05) is 12.8 Å². The molecule has 0 saturated carbocycles. The number of hydrogen-bond acceptors (Lipinski definition) is 5. The highest BCUT2D eigenvalue weighted by Crippen LogP contribution is 2.15. The average Bonchev–Trinajstić information content (AvgIpc) is 2.89. The molecule has 8 heteroatoms. The fourth-order valence-electron chi connectivity index (χ4n) is 2.07. The molecule has 2 rings (SSSR count). The second-order valence-corrected chi connectivity index (χ2v) is 8.74. The van der Waals surface area contributed by atoms with E-state index in [-0.39, 0.29) is 9.79 Å². The van der Waals surface area contributed by atoms with Crippen LogP contribution in [0.25, 0.3) is 0 Å². The van der Waals surface area contributed by atoms with Gasteiger partial charge in [0.05, 0.1) is 9.79 Å². The minimum absolute atomic E-state index is 0.0795. The number of hydrogen-bond donors (Lipinski definition) is 2. The van der Waals surface area contributed by atoms with E-state index in [0.29, 0.717) is 12.5 Å². The van der Waals surface area contributed by atoms with Crippen LogP contribution in [0, 0.1) is 5.92 Å². The maximum atomic E-state index is 12.1. The number of rotatable bonds is 5. The van der Waals surface area contributed by atoms with E-state index >= 15 is 0 Å². The molecule has 112 valence electrons. The van der Waals surface area contributed by atoms with Gasteiger partial charge in [0.25, 0.3) is 0 Å². The number of sulfone groups is 1. The van der Waals surface area contributed by atoms with Crippen LogP contribution in [-0.4, -0.2) is 42.7 Å². The molecular formula is C12H18N2O4S2. The Labute approximate surface area is 119 Å². The van der Waals surface area contributed by atoms with E-state index in [2.05, 4.69) is 10.0 Å². The van der Waals surface area contributed by atoms with Crippen LogP contribution in [0.15, 0.2) is 34.1 Å². The first-order valence-corrected chi connectivity index (χ1v) is 9.67. The lowest BCUT2D eigenvalue weighted by Crippen LogP contribution is -2.30. The minimum Gasteiger partial charge on any atom is -0.316 e. The zero-order valence-electron chi connectivity index (χ0n) is 11.2. The molecule has 1 heterocycles. The maximum absolute atomic E-state index is 12.1. The summed E-state index contributed by atoms with van der Waals surface area (Å²) in [5.74, 6) is 0.306. The Balaban J connectivity index is 2.09. The summed E-state index contributed by atoms with van der Waals surface area (Å²) in [5.41, 5.74) is 0. The molecule has 0 bridgehead atoms. The van der Waals surface area contributed by atoms with Crippen LogP contribution in [0.4, 0.5) is 0 Å². The largest absolute Gasteiger partial charge is 0.316 e. The highest BCUT2D eigenvalue weighted by atomic mass is 32.2. The van der Waals surface area contributed by atoms with E-state index in [1.165, 1.54) is 24.3 Å². The van der Waals surface area contributed by atoms with E-state index in [4.69, 9.17) is 0 Å². The number of sulfonamides is 1. The van der Waals surface area contributed by atoms with Crippen LogP contribution >= 0.6 is 0 Å². The third kappa shape index (κ3) is 3.78. The Morgan fingerprint density at radius 1 is 1.15 bits per heavy atom. The van der Waals surface area contributed by atoms with Gasteiger partial charge in [0.2, 0.25) is 10.0 Å². The maximum Gasteiger partial charge on any atom is 0.240 e. The average molecular weight is 318 g/mol. The van der Waals surface area contributed by atoms with Crippen molar-refractivity contribution in [3.63, 3.8) is 0 Å². The second kappa shape index (κ2) is 5.80. The van der Waals surface area contributed by atoms with E-state index in [0.717, 1.165) is 25.8 Å². The summed E-state index contributed by atoms with van der Waals surface area (Å²) < 4.78 is 49.3. The molecule has 1 fully saturated rings. The lowest BCUT2D eigenvalue weighted by atomic mass is 10.1. The Kier molecular flexibility index (Phi) is 4.48. The van der Waals surface area contributed by atoms with Gasteiger partial charge in [-0.25, -0.2) is 21.6 Å². The monoisotopic (exact) mass is 318 g/mol. The zero-order chi connectivity index (χ0) is 14.8. The van der Waals surface area contributed by atoms with Crippen molar-refractivity contribution < 1.29 is 16.8 Å². The number of nitrogens with one attached hydrogen (secondary N) is 2. The van der Waals surface area contributed by atoms with Crippen molar-refractivity contribution in [3.8, 4) is 0 Å². The normalized spacial score (nSPS) is 20.1. The smallest absolute Gasteiger partial charge is 0.240 e. The molecule has 1 aliphatic rings. The van der Waals surface area contributed by atoms with Crippen LogP contribution in [0.1, 0.15) is 6.42 Å². The highest BCUT2D eigenvalue weighted by molar-refractivity contribution is 7.90. The predicted molar refractivity (Wildman–Crippen MR) is 75.7 cm³/mol. The van der Waals surface area contributed by atoms with Crippen molar-refractivity contribution in [2.75, 3.05) is 25.9 Å². The topological polar surface area (TPSA) is 92.3 Å². The quantitative estimate of drug-likeness (QED) is 0.796. The van der Waals surface area contributed by atoms with Gasteiger partial charge in [-0.1, -0.05) is 0 Å². The summed E-state index contributed by atoms with van der Waals surface area (Å²) >= 11 is 0. The van der Waals surface area contributed by atoms with Gasteiger partial charge in [-0.2, -0.15) is 0 Å². The molecule has 20 heavy (non-hydrogen) atoms. The summed E-state index contributed by atoms with van der Waals surface area (Å²) in [6, 6.07) is 5.24. The van der Waals surface area contributed by atoms with Crippen molar-refractivity contribution in [2.45, 2.75) is 16.2 Å². The first kappa shape index (κ1) is 15.4. The van der Waals surface area contributed by atoms with E-state index in [9.17, 15) is 16.8 Å². The molecule has 1 unspecified atom stereocenters. The second-order valence-electron chi connectivity index (χ2n) is 4.95. The van der Waals surface area contributed by atoms with Crippen LogP contribution < -0.4 is 10.0 Å². The molecule has 0 spiro atoms. The Bertz CT molecular complexity index is 660. The van der Waals surface area contributed by atoms with Gasteiger partial charge >= 0.3 is 0 Å². The molecule has 1 aromatic rings. The van der Waals surface area contributed by atoms with Crippen LogP contribution in [-0.2, 0) is 19.9 Å². The first-order chi connectivity index (χ1) is 9.29. The summed E-state index contributed by atoms with van der Waals surface area (Å²) in [6.07, 6.45) is 2.04. The van der Waals surface area contributed by atoms with Gasteiger partial charge in [-0.3, -0.25) is 0 Å². The SMILES string of the molecule is CS(=O)(=O)c1ccc(S(=O)(=O)NCC2CCNC2)cc1. The summed E-state index contributed by atoms with van der Waals surface area (Å²) in [4.78, 5) is 0.187. The third-order valence-corrected chi connectivity index (χ3v) is 5.85. The molecule has 1 aliphatic heterocycles. The highest BCUT2D eigenvalue weighted by Gasteiger charge is 2.19. The van der Waals surface area contributed by atoms with Crippen molar-refractivity contribution in [1.82, 2.24) is 10.0 Å². The fraction of sp³-hybridized carbons (Fsp3) is 0.500. The minimum atomic E-state index is -3.58. The molecule has 0 aliphatic carbocycles.